The van der Waals surface area contributed by atoms with Gasteiger partial charge in [-0.05, 0) is 32.2 Å². The van der Waals surface area contributed by atoms with Gasteiger partial charge in [0.15, 0.2) is 0 Å². The molecule has 1 unspecified atom stereocenters. The van der Waals surface area contributed by atoms with Crippen LogP contribution in [0.3, 0.4) is 0 Å². The molecule has 16 heavy (non-hydrogen) atoms. The zero-order valence-corrected chi connectivity index (χ0v) is 9.96. The summed E-state index contributed by atoms with van der Waals surface area (Å²) in [6.07, 6.45) is 3.55. The molecule has 5 nitrogen and oxygen atoms in total. The number of rotatable bonds is 2. The zero-order valence-electron chi connectivity index (χ0n) is 9.15. The summed E-state index contributed by atoms with van der Waals surface area (Å²) in [7, 11) is 0. The Morgan fingerprint density at radius 1 is 1.25 bits per heavy atom. The maximum absolute atomic E-state index is 12.0. The first kappa shape index (κ1) is 13.3. The maximum Gasteiger partial charge on any atom is 0.240 e. The summed E-state index contributed by atoms with van der Waals surface area (Å²) in [6.45, 7) is 1.57. The molecule has 2 rings (SSSR count). The van der Waals surface area contributed by atoms with Gasteiger partial charge in [0.25, 0.3) is 0 Å². The van der Waals surface area contributed by atoms with Gasteiger partial charge >= 0.3 is 0 Å². The molecule has 0 bridgehead atoms. The standard InChI is InChI=1S/C10H17N3O2.ClH/c11-9(14)8-3-1-2-6-13(8)10(15)7-4-5-12-7;/h7-8,12H,1-6H2,(H2,11,14);1H/t7-,8?;/m1./s1. The number of nitrogens with zero attached hydrogens (tertiary/aromatic N) is 1. The van der Waals surface area contributed by atoms with Crippen LogP contribution >= 0.6 is 12.4 Å². The predicted molar refractivity (Wildman–Crippen MR) is 62.2 cm³/mol. The summed E-state index contributed by atoms with van der Waals surface area (Å²) < 4.78 is 0. The average molecular weight is 248 g/mol. The lowest BCUT2D eigenvalue weighted by molar-refractivity contribution is -0.144. The predicted octanol–water partition coefficient (Wildman–Crippen LogP) is -0.364. The fourth-order valence-electron chi connectivity index (χ4n) is 2.19. The van der Waals surface area contributed by atoms with Crippen molar-refractivity contribution >= 4 is 24.2 Å². The van der Waals surface area contributed by atoms with Crippen LogP contribution in [0.25, 0.3) is 0 Å². The van der Waals surface area contributed by atoms with Gasteiger partial charge < -0.3 is 16.0 Å². The fourth-order valence-corrected chi connectivity index (χ4v) is 2.19. The molecule has 3 N–H and O–H groups in total. The van der Waals surface area contributed by atoms with E-state index in [0.29, 0.717) is 13.0 Å². The van der Waals surface area contributed by atoms with Gasteiger partial charge in [-0.15, -0.1) is 12.4 Å². The zero-order chi connectivity index (χ0) is 10.8. The normalized spacial score (nSPS) is 28.9. The highest BCUT2D eigenvalue weighted by Gasteiger charge is 2.36. The summed E-state index contributed by atoms with van der Waals surface area (Å²) in [5.74, 6) is -0.327. The molecular formula is C10H18ClN3O2. The largest absolute Gasteiger partial charge is 0.368 e. The second-order valence-electron chi connectivity index (χ2n) is 4.24. The Labute approximate surface area is 101 Å². The first-order chi connectivity index (χ1) is 7.20. The van der Waals surface area contributed by atoms with E-state index < -0.39 is 0 Å². The van der Waals surface area contributed by atoms with Gasteiger partial charge in [0.2, 0.25) is 11.8 Å². The van der Waals surface area contributed by atoms with E-state index in [9.17, 15) is 9.59 Å². The second-order valence-corrected chi connectivity index (χ2v) is 4.24. The van der Waals surface area contributed by atoms with Gasteiger partial charge in [0.05, 0.1) is 6.04 Å². The fraction of sp³-hybridized carbons (Fsp3) is 0.800. The van der Waals surface area contributed by atoms with E-state index in [0.717, 1.165) is 25.8 Å². The lowest BCUT2D eigenvalue weighted by Crippen LogP contribution is -2.59. The van der Waals surface area contributed by atoms with Gasteiger partial charge in [-0.2, -0.15) is 0 Å². The molecular weight excluding hydrogens is 230 g/mol. The van der Waals surface area contributed by atoms with Crippen LogP contribution in [-0.2, 0) is 9.59 Å². The Kier molecular flexibility index (Phi) is 4.56. The molecule has 6 heteroatoms. The van der Waals surface area contributed by atoms with Crippen molar-refractivity contribution in [3.05, 3.63) is 0 Å². The lowest BCUT2D eigenvalue weighted by Gasteiger charge is -2.38. The molecule has 2 fully saturated rings. The first-order valence-corrected chi connectivity index (χ1v) is 5.53. The van der Waals surface area contributed by atoms with E-state index in [4.69, 9.17) is 5.73 Å². The number of halogens is 1. The Morgan fingerprint density at radius 3 is 2.44 bits per heavy atom. The van der Waals surface area contributed by atoms with Crippen molar-refractivity contribution in [2.75, 3.05) is 13.1 Å². The van der Waals surface area contributed by atoms with Gasteiger partial charge in [0.1, 0.15) is 6.04 Å². The summed E-state index contributed by atoms with van der Waals surface area (Å²) >= 11 is 0. The van der Waals surface area contributed by atoms with Gasteiger partial charge in [-0.25, -0.2) is 0 Å². The molecule has 2 aliphatic heterocycles. The van der Waals surface area contributed by atoms with E-state index in [-0.39, 0.29) is 36.3 Å². The molecule has 2 saturated heterocycles. The van der Waals surface area contributed by atoms with Crippen LogP contribution in [-0.4, -0.2) is 41.9 Å². The number of nitrogens with two attached hydrogens (primary N) is 1. The van der Waals surface area contributed by atoms with Crippen LogP contribution in [0.2, 0.25) is 0 Å². The van der Waals surface area contributed by atoms with Crippen molar-refractivity contribution in [2.24, 2.45) is 5.73 Å². The van der Waals surface area contributed by atoms with Crippen LogP contribution in [0.4, 0.5) is 0 Å². The van der Waals surface area contributed by atoms with Gasteiger partial charge in [0, 0.05) is 6.54 Å². The van der Waals surface area contributed by atoms with Gasteiger partial charge in [-0.1, -0.05) is 0 Å². The van der Waals surface area contributed by atoms with E-state index in [1.165, 1.54) is 0 Å². The number of primary amides is 1. The minimum absolute atomic E-state index is 0. The van der Waals surface area contributed by atoms with Crippen LogP contribution in [0.1, 0.15) is 25.7 Å². The molecule has 0 aromatic rings. The Balaban J connectivity index is 0.00000128. The van der Waals surface area contributed by atoms with E-state index in [1.54, 1.807) is 4.90 Å². The van der Waals surface area contributed by atoms with Gasteiger partial charge in [-0.3, -0.25) is 9.59 Å². The highest BCUT2D eigenvalue weighted by Crippen LogP contribution is 2.19. The molecule has 0 spiro atoms. The molecule has 0 saturated carbocycles. The topological polar surface area (TPSA) is 75.4 Å². The third-order valence-corrected chi connectivity index (χ3v) is 3.24. The molecule has 92 valence electrons. The molecule has 2 heterocycles. The summed E-state index contributed by atoms with van der Waals surface area (Å²) in [5, 5.41) is 3.06. The highest BCUT2D eigenvalue weighted by atomic mass is 35.5. The van der Waals surface area contributed by atoms with E-state index >= 15 is 0 Å². The Morgan fingerprint density at radius 2 is 1.94 bits per heavy atom. The smallest absolute Gasteiger partial charge is 0.240 e. The number of hydrogen-bond acceptors (Lipinski definition) is 3. The number of carbonyl (C=O) groups excluding carboxylic acids is 2. The Hall–Kier alpha value is -0.810. The number of piperidine rings is 1. The molecule has 0 radical (unpaired) electrons. The van der Waals surface area contributed by atoms with Crippen LogP contribution in [0.15, 0.2) is 0 Å². The molecule has 0 aromatic carbocycles. The van der Waals surface area contributed by atoms with Crippen molar-refractivity contribution in [3.8, 4) is 0 Å². The molecule has 0 aliphatic carbocycles. The number of carbonyl (C=O) groups is 2. The summed E-state index contributed by atoms with van der Waals surface area (Å²) in [6, 6.07) is -0.460. The van der Waals surface area contributed by atoms with Crippen molar-refractivity contribution in [1.82, 2.24) is 10.2 Å². The molecule has 2 atom stereocenters. The minimum Gasteiger partial charge on any atom is -0.368 e. The summed E-state index contributed by atoms with van der Waals surface area (Å²) in [4.78, 5) is 24.8. The van der Waals surface area contributed by atoms with Crippen LogP contribution in [0, 0.1) is 0 Å². The van der Waals surface area contributed by atoms with Crippen molar-refractivity contribution < 1.29 is 9.59 Å². The van der Waals surface area contributed by atoms with Crippen LogP contribution < -0.4 is 11.1 Å². The number of hydrogen-bond donors (Lipinski definition) is 2. The third kappa shape index (κ3) is 2.47. The first-order valence-electron chi connectivity index (χ1n) is 5.53. The lowest BCUT2D eigenvalue weighted by atomic mass is 9.98. The second kappa shape index (κ2) is 5.50. The average Bonchev–Trinajstić information content (AvgIpc) is 2.15. The molecule has 2 amide bonds. The SMILES string of the molecule is Cl.NC(=O)C1CCCCN1C(=O)[C@H]1CCN1. The minimum atomic E-state index is -0.381. The van der Waals surface area contributed by atoms with Crippen molar-refractivity contribution in [1.29, 1.82) is 0 Å². The highest BCUT2D eigenvalue weighted by molar-refractivity contribution is 5.89. The molecule has 2 aliphatic rings. The maximum atomic E-state index is 12.0. The number of nitrogens with one attached hydrogen (secondary N) is 1. The quantitative estimate of drug-likeness (QED) is 0.700. The number of amides is 2. The Bertz CT molecular complexity index is 281. The van der Waals surface area contributed by atoms with Crippen LogP contribution in [0.5, 0.6) is 0 Å². The van der Waals surface area contributed by atoms with E-state index in [1.807, 2.05) is 0 Å². The summed E-state index contributed by atoms with van der Waals surface area (Å²) in [5.41, 5.74) is 5.30. The van der Waals surface area contributed by atoms with Crippen molar-refractivity contribution in [3.63, 3.8) is 0 Å². The molecule has 0 aromatic heterocycles. The monoisotopic (exact) mass is 247 g/mol. The van der Waals surface area contributed by atoms with E-state index in [2.05, 4.69) is 5.32 Å². The number of likely N-dealkylation sites (tertiary alicyclic amines) is 1. The van der Waals surface area contributed by atoms with Crippen molar-refractivity contribution in [2.45, 2.75) is 37.8 Å². The third-order valence-electron chi connectivity index (χ3n) is 3.24.